The smallest absolute Gasteiger partial charge is 0.305 e. The Labute approximate surface area is 74.3 Å². The van der Waals surface area contributed by atoms with Crippen molar-refractivity contribution in [3.8, 4) is 0 Å². The summed E-state index contributed by atoms with van der Waals surface area (Å²) in [7, 11) is 0. The van der Waals surface area contributed by atoms with E-state index in [-0.39, 0.29) is 12.1 Å². The summed E-state index contributed by atoms with van der Waals surface area (Å²) in [6.07, 6.45) is 0.313. The van der Waals surface area contributed by atoms with Crippen LogP contribution in [0.2, 0.25) is 0 Å². The molecule has 1 aromatic rings. The monoisotopic (exact) mass is 184 g/mol. The van der Waals surface area contributed by atoms with Crippen LogP contribution in [0.5, 0.6) is 0 Å². The molecule has 13 heavy (non-hydrogen) atoms. The van der Waals surface area contributed by atoms with Crippen LogP contribution in [0.25, 0.3) is 0 Å². The van der Waals surface area contributed by atoms with Gasteiger partial charge < -0.3 is 5.73 Å². The third kappa shape index (κ3) is 2.00. The zero-order valence-electron chi connectivity index (χ0n) is 6.87. The standard InChI is InChI=1S/C8H9FN2O2/c9-8-6(4-5-10)2-1-3-7(8)11(12)13/h1-3H,4-5,10H2. The van der Waals surface area contributed by atoms with Gasteiger partial charge in [-0.05, 0) is 18.5 Å². The van der Waals surface area contributed by atoms with Crippen molar-refractivity contribution in [1.82, 2.24) is 0 Å². The van der Waals surface area contributed by atoms with Crippen molar-refractivity contribution in [2.24, 2.45) is 5.73 Å². The fraction of sp³-hybridized carbons (Fsp3) is 0.250. The second-order valence-electron chi connectivity index (χ2n) is 2.55. The van der Waals surface area contributed by atoms with Crippen molar-refractivity contribution in [3.05, 3.63) is 39.7 Å². The molecule has 0 saturated heterocycles. The minimum absolute atomic E-state index is 0.276. The summed E-state index contributed by atoms with van der Waals surface area (Å²) in [4.78, 5) is 9.57. The maximum absolute atomic E-state index is 13.2. The summed E-state index contributed by atoms with van der Waals surface area (Å²) in [5, 5.41) is 10.3. The van der Waals surface area contributed by atoms with E-state index in [0.29, 0.717) is 6.42 Å². The van der Waals surface area contributed by atoms with Gasteiger partial charge >= 0.3 is 5.69 Å². The molecule has 0 atom stereocenters. The molecule has 70 valence electrons. The molecule has 4 nitrogen and oxygen atoms in total. The Morgan fingerprint density at radius 3 is 2.77 bits per heavy atom. The molecule has 1 rings (SSSR count). The van der Waals surface area contributed by atoms with Crippen molar-refractivity contribution < 1.29 is 9.31 Å². The molecule has 2 N–H and O–H groups in total. The first-order valence-electron chi connectivity index (χ1n) is 3.78. The highest BCUT2D eigenvalue weighted by Crippen LogP contribution is 2.19. The van der Waals surface area contributed by atoms with E-state index in [1.165, 1.54) is 12.1 Å². The number of halogens is 1. The lowest BCUT2D eigenvalue weighted by Gasteiger charge is -2.00. The quantitative estimate of drug-likeness (QED) is 0.567. The molecule has 1 aromatic carbocycles. The minimum Gasteiger partial charge on any atom is -0.330 e. The number of nitrogens with two attached hydrogens (primary N) is 1. The van der Waals surface area contributed by atoms with Gasteiger partial charge in [-0.15, -0.1) is 0 Å². The zero-order chi connectivity index (χ0) is 9.84. The van der Waals surface area contributed by atoms with E-state index >= 15 is 0 Å². The zero-order valence-corrected chi connectivity index (χ0v) is 6.87. The predicted octanol–water partition coefficient (Wildman–Crippen LogP) is 1.24. The molecule has 5 heteroatoms. The largest absolute Gasteiger partial charge is 0.330 e. The lowest BCUT2D eigenvalue weighted by Crippen LogP contribution is -2.05. The van der Waals surface area contributed by atoms with Gasteiger partial charge in [-0.3, -0.25) is 10.1 Å². The highest BCUT2D eigenvalue weighted by molar-refractivity contribution is 5.36. The van der Waals surface area contributed by atoms with Crippen LogP contribution >= 0.6 is 0 Å². The predicted molar refractivity (Wildman–Crippen MR) is 45.8 cm³/mol. The van der Waals surface area contributed by atoms with E-state index in [2.05, 4.69) is 0 Å². The van der Waals surface area contributed by atoms with Gasteiger partial charge in [-0.2, -0.15) is 4.39 Å². The normalized spacial score (nSPS) is 10.0. The molecule has 0 radical (unpaired) electrons. The Hall–Kier alpha value is -1.49. The third-order valence-electron chi connectivity index (χ3n) is 1.67. The van der Waals surface area contributed by atoms with E-state index in [1.54, 1.807) is 0 Å². The molecular formula is C8H9FN2O2. The van der Waals surface area contributed by atoms with Gasteiger partial charge in [0.2, 0.25) is 5.82 Å². The number of hydrogen-bond donors (Lipinski definition) is 1. The number of nitro groups is 1. The van der Waals surface area contributed by atoms with Crippen molar-refractivity contribution in [3.63, 3.8) is 0 Å². The number of nitrogens with zero attached hydrogens (tertiary/aromatic N) is 1. The Morgan fingerprint density at radius 2 is 2.23 bits per heavy atom. The van der Waals surface area contributed by atoms with Gasteiger partial charge in [-0.25, -0.2) is 0 Å². The van der Waals surface area contributed by atoms with Crippen LogP contribution < -0.4 is 5.73 Å². The topological polar surface area (TPSA) is 69.2 Å². The highest BCUT2D eigenvalue weighted by Gasteiger charge is 2.15. The Morgan fingerprint density at radius 1 is 1.54 bits per heavy atom. The lowest BCUT2D eigenvalue weighted by atomic mass is 10.1. The van der Waals surface area contributed by atoms with Crippen LogP contribution in [0.4, 0.5) is 10.1 Å². The molecule has 0 fully saturated rings. The van der Waals surface area contributed by atoms with Crippen LogP contribution in [0.15, 0.2) is 18.2 Å². The van der Waals surface area contributed by atoms with E-state index in [1.807, 2.05) is 0 Å². The number of nitro benzene ring substituents is 1. The molecule has 0 bridgehead atoms. The van der Waals surface area contributed by atoms with Gasteiger partial charge in [0.15, 0.2) is 0 Å². The molecular weight excluding hydrogens is 175 g/mol. The molecule has 0 amide bonds. The van der Waals surface area contributed by atoms with E-state index in [9.17, 15) is 14.5 Å². The number of rotatable bonds is 3. The lowest BCUT2D eigenvalue weighted by molar-refractivity contribution is -0.387. The summed E-state index contributed by atoms with van der Waals surface area (Å²) in [5.41, 5.74) is 5.01. The second kappa shape index (κ2) is 3.95. The molecule has 0 unspecified atom stereocenters. The van der Waals surface area contributed by atoms with E-state index in [4.69, 9.17) is 5.73 Å². The van der Waals surface area contributed by atoms with Crippen molar-refractivity contribution in [2.75, 3.05) is 6.54 Å². The van der Waals surface area contributed by atoms with Crippen LogP contribution in [0, 0.1) is 15.9 Å². The minimum atomic E-state index is -0.780. The number of hydrogen-bond acceptors (Lipinski definition) is 3. The summed E-state index contributed by atoms with van der Waals surface area (Å²) < 4.78 is 13.2. The molecule has 0 aliphatic heterocycles. The maximum Gasteiger partial charge on any atom is 0.305 e. The fourth-order valence-electron chi connectivity index (χ4n) is 1.06. The molecule has 0 heterocycles. The molecule has 0 spiro atoms. The summed E-state index contributed by atoms with van der Waals surface area (Å²) in [6, 6.07) is 4.08. The summed E-state index contributed by atoms with van der Waals surface area (Å²) in [6.45, 7) is 0.276. The molecule has 0 aliphatic carbocycles. The van der Waals surface area contributed by atoms with Crippen molar-refractivity contribution in [2.45, 2.75) is 6.42 Å². The number of benzene rings is 1. The Balaban J connectivity index is 3.10. The summed E-state index contributed by atoms with van der Waals surface area (Å²) in [5.74, 6) is -0.780. The maximum atomic E-state index is 13.2. The Bertz CT molecular complexity index is 328. The van der Waals surface area contributed by atoms with Gasteiger partial charge in [-0.1, -0.05) is 12.1 Å². The van der Waals surface area contributed by atoms with Gasteiger partial charge in [0.25, 0.3) is 0 Å². The summed E-state index contributed by atoms with van der Waals surface area (Å²) >= 11 is 0. The van der Waals surface area contributed by atoms with Crippen LogP contribution in [-0.4, -0.2) is 11.5 Å². The van der Waals surface area contributed by atoms with E-state index in [0.717, 1.165) is 6.07 Å². The first-order chi connectivity index (χ1) is 6.16. The van der Waals surface area contributed by atoms with Gasteiger partial charge in [0, 0.05) is 6.07 Å². The van der Waals surface area contributed by atoms with Crippen LogP contribution in [-0.2, 0) is 6.42 Å². The Kier molecular flexibility index (Phi) is 2.92. The SMILES string of the molecule is NCCc1cccc([N+](=O)[O-])c1F. The van der Waals surface area contributed by atoms with Gasteiger partial charge in [0.1, 0.15) is 0 Å². The average Bonchev–Trinajstić information content (AvgIpc) is 2.08. The van der Waals surface area contributed by atoms with Crippen LogP contribution in [0.1, 0.15) is 5.56 Å². The van der Waals surface area contributed by atoms with Crippen molar-refractivity contribution in [1.29, 1.82) is 0 Å². The van der Waals surface area contributed by atoms with Crippen molar-refractivity contribution >= 4 is 5.69 Å². The fourth-order valence-corrected chi connectivity index (χ4v) is 1.06. The first-order valence-corrected chi connectivity index (χ1v) is 3.78. The second-order valence-corrected chi connectivity index (χ2v) is 2.55. The molecule has 0 aliphatic rings. The third-order valence-corrected chi connectivity index (χ3v) is 1.67. The van der Waals surface area contributed by atoms with E-state index < -0.39 is 16.4 Å². The first kappa shape index (κ1) is 9.60. The highest BCUT2D eigenvalue weighted by atomic mass is 19.1. The molecule has 0 aromatic heterocycles. The van der Waals surface area contributed by atoms with Crippen LogP contribution in [0.3, 0.4) is 0 Å². The average molecular weight is 184 g/mol. The van der Waals surface area contributed by atoms with Gasteiger partial charge in [0.05, 0.1) is 4.92 Å². The molecule has 0 saturated carbocycles.